The maximum Gasteiger partial charge on any atom is 0.308 e. The van der Waals surface area contributed by atoms with Crippen LogP contribution < -0.4 is 4.18 Å². The third-order valence-corrected chi connectivity index (χ3v) is 4.68. The fraction of sp³-hybridized carbons (Fsp3) is 0.611. The molecule has 0 atom stereocenters. The fourth-order valence-corrected chi connectivity index (χ4v) is 2.82. The Morgan fingerprint density at radius 1 is 1.25 bits per heavy atom. The van der Waals surface area contributed by atoms with Crippen molar-refractivity contribution in [3.8, 4) is 5.75 Å². The van der Waals surface area contributed by atoms with E-state index in [4.69, 9.17) is 4.18 Å². The molecule has 0 saturated heterocycles. The molecule has 0 saturated carbocycles. The lowest BCUT2D eigenvalue weighted by molar-refractivity contribution is -0.132. The van der Waals surface area contributed by atoms with E-state index in [0.29, 0.717) is 31.2 Å². The van der Waals surface area contributed by atoms with Gasteiger partial charge in [-0.2, -0.15) is 8.42 Å². The number of rotatable bonds is 10. The van der Waals surface area contributed by atoms with E-state index in [-0.39, 0.29) is 11.7 Å². The highest BCUT2D eigenvalue weighted by Crippen LogP contribution is 2.18. The van der Waals surface area contributed by atoms with Gasteiger partial charge in [0.25, 0.3) is 0 Å². The molecule has 0 aromatic heterocycles. The zero-order valence-corrected chi connectivity index (χ0v) is 15.9. The molecule has 0 spiro atoms. The largest absolute Gasteiger partial charge is 0.382 e. The molecule has 0 aliphatic heterocycles. The lowest BCUT2D eigenvalue weighted by atomic mass is 10.1. The van der Waals surface area contributed by atoms with Gasteiger partial charge in [-0.25, -0.2) is 0 Å². The molecule has 0 fully saturated rings. The molecule has 0 heterocycles. The summed E-state index contributed by atoms with van der Waals surface area (Å²) in [6, 6.07) is 6.93. The molecule has 0 unspecified atom stereocenters. The SMILES string of the molecule is CCCCC(=O)N(Cc1cccc(OS(=O)(=O)CC)c1)CC(C)C. The predicted molar refractivity (Wildman–Crippen MR) is 96.3 cm³/mol. The van der Waals surface area contributed by atoms with E-state index in [9.17, 15) is 13.2 Å². The van der Waals surface area contributed by atoms with Gasteiger partial charge < -0.3 is 9.08 Å². The number of carbonyl (C=O) groups excluding carboxylic acids is 1. The van der Waals surface area contributed by atoms with Crippen LogP contribution in [0.5, 0.6) is 5.75 Å². The zero-order chi connectivity index (χ0) is 18.2. The summed E-state index contributed by atoms with van der Waals surface area (Å²) in [6.45, 7) is 8.90. The second-order valence-corrected chi connectivity index (χ2v) is 8.21. The molecule has 136 valence electrons. The Labute approximate surface area is 146 Å². The van der Waals surface area contributed by atoms with E-state index in [1.807, 2.05) is 11.0 Å². The van der Waals surface area contributed by atoms with Crippen molar-refractivity contribution < 1.29 is 17.4 Å². The van der Waals surface area contributed by atoms with Gasteiger partial charge in [0, 0.05) is 19.5 Å². The first kappa shape index (κ1) is 20.5. The lowest BCUT2D eigenvalue weighted by Gasteiger charge is -2.25. The van der Waals surface area contributed by atoms with Crippen molar-refractivity contribution >= 4 is 16.0 Å². The minimum atomic E-state index is -3.55. The van der Waals surface area contributed by atoms with Crippen molar-refractivity contribution in [2.24, 2.45) is 5.92 Å². The minimum Gasteiger partial charge on any atom is -0.382 e. The van der Waals surface area contributed by atoms with Gasteiger partial charge in [0.1, 0.15) is 5.75 Å². The third kappa shape index (κ3) is 7.34. The van der Waals surface area contributed by atoms with Crippen LogP contribution in [0.3, 0.4) is 0 Å². The van der Waals surface area contributed by atoms with Gasteiger partial charge in [0.05, 0.1) is 5.75 Å². The molecular weight excluding hydrogens is 326 g/mol. The maximum atomic E-state index is 12.4. The average molecular weight is 356 g/mol. The summed E-state index contributed by atoms with van der Waals surface area (Å²) < 4.78 is 28.2. The second-order valence-electron chi connectivity index (χ2n) is 6.35. The van der Waals surface area contributed by atoms with Gasteiger partial charge in [0.15, 0.2) is 0 Å². The molecule has 24 heavy (non-hydrogen) atoms. The van der Waals surface area contributed by atoms with Gasteiger partial charge in [-0.1, -0.05) is 39.3 Å². The maximum absolute atomic E-state index is 12.4. The summed E-state index contributed by atoms with van der Waals surface area (Å²) >= 11 is 0. The number of nitrogens with zero attached hydrogens (tertiary/aromatic N) is 1. The van der Waals surface area contributed by atoms with E-state index in [1.165, 1.54) is 6.92 Å². The summed E-state index contributed by atoms with van der Waals surface area (Å²) in [5.41, 5.74) is 0.865. The first-order valence-corrected chi connectivity index (χ1v) is 10.1. The van der Waals surface area contributed by atoms with Crippen LogP contribution in [0.15, 0.2) is 24.3 Å². The Bertz CT molecular complexity index is 626. The summed E-state index contributed by atoms with van der Waals surface area (Å²) in [5, 5.41) is 0. The molecule has 1 aromatic carbocycles. The molecule has 0 radical (unpaired) electrons. The number of carbonyl (C=O) groups is 1. The molecule has 1 rings (SSSR count). The predicted octanol–water partition coefficient (Wildman–Crippen LogP) is 3.59. The van der Waals surface area contributed by atoms with E-state index in [2.05, 4.69) is 20.8 Å². The van der Waals surface area contributed by atoms with Crippen molar-refractivity contribution in [1.82, 2.24) is 4.90 Å². The Hall–Kier alpha value is -1.56. The molecular formula is C18H29NO4S. The van der Waals surface area contributed by atoms with Crippen LogP contribution in [0.25, 0.3) is 0 Å². The van der Waals surface area contributed by atoms with Crippen LogP contribution in [-0.4, -0.2) is 31.5 Å². The molecule has 0 N–H and O–H groups in total. The number of amides is 1. The molecule has 0 bridgehead atoms. The van der Waals surface area contributed by atoms with Crippen molar-refractivity contribution in [3.05, 3.63) is 29.8 Å². The van der Waals surface area contributed by atoms with Crippen LogP contribution in [0, 0.1) is 5.92 Å². The van der Waals surface area contributed by atoms with Gasteiger partial charge >= 0.3 is 10.1 Å². The standard InChI is InChI=1S/C18H29NO4S/c1-5-7-11-18(20)19(13-15(3)4)14-16-9-8-10-17(12-16)23-24(21,22)6-2/h8-10,12,15H,5-7,11,13-14H2,1-4H3. The van der Waals surface area contributed by atoms with E-state index in [0.717, 1.165) is 18.4 Å². The Kier molecular flexibility index (Phi) is 8.25. The van der Waals surface area contributed by atoms with Crippen LogP contribution in [0.2, 0.25) is 0 Å². The Morgan fingerprint density at radius 2 is 1.96 bits per heavy atom. The van der Waals surface area contributed by atoms with Crippen LogP contribution >= 0.6 is 0 Å². The first-order valence-electron chi connectivity index (χ1n) is 8.56. The van der Waals surface area contributed by atoms with Gasteiger partial charge in [-0.15, -0.1) is 0 Å². The van der Waals surface area contributed by atoms with Crippen LogP contribution in [0.4, 0.5) is 0 Å². The lowest BCUT2D eigenvalue weighted by Crippen LogP contribution is -2.33. The topological polar surface area (TPSA) is 63.7 Å². The minimum absolute atomic E-state index is 0.0772. The van der Waals surface area contributed by atoms with Gasteiger partial charge in [-0.3, -0.25) is 4.79 Å². The Morgan fingerprint density at radius 3 is 2.54 bits per heavy atom. The summed E-state index contributed by atoms with van der Waals surface area (Å²) in [4.78, 5) is 14.2. The highest BCUT2D eigenvalue weighted by atomic mass is 32.2. The first-order chi connectivity index (χ1) is 11.3. The smallest absolute Gasteiger partial charge is 0.308 e. The van der Waals surface area contributed by atoms with Crippen LogP contribution in [-0.2, 0) is 21.5 Å². The molecule has 0 aliphatic rings. The number of benzene rings is 1. The number of hydrogen-bond acceptors (Lipinski definition) is 4. The van der Waals surface area contributed by atoms with Crippen molar-refractivity contribution in [2.75, 3.05) is 12.3 Å². The summed E-state index contributed by atoms with van der Waals surface area (Å²) in [6.07, 6.45) is 2.41. The van der Waals surface area contributed by atoms with Crippen molar-refractivity contribution in [3.63, 3.8) is 0 Å². The Balaban J connectivity index is 2.87. The molecule has 0 aliphatic carbocycles. The average Bonchev–Trinajstić information content (AvgIpc) is 2.51. The molecule has 1 aromatic rings. The second kappa shape index (κ2) is 9.67. The molecule has 5 nitrogen and oxygen atoms in total. The fourth-order valence-electron chi connectivity index (χ4n) is 2.30. The van der Waals surface area contributed by atoms with E-state index < -0.39 is 10.1 Å². The zero-order valence-electron chi connectivity index (χ0n) is 15.1. The van der Waals surface area contributed by atoms with Crippen molar-refractivity contribution in [2.45, 2.75) is 53.5 Å². The molecule has 6 heteroatoms. The third-order valence-electron chi connectivity index (χ3n) is 3.53. The summed E-state index contributed by atoms with van der Waals surface area (Å²) in [7, 11) is -3.55. The van der Waals surface area contributed by atoms with E-state index in [1.54, 1.807) is 18.2 Å². The van der Waals surface area contributed by atoms with Crippen molar-refractivity contribution in [1.29, 1.82) is 0 Å². The quantitative estimate of drug-likeness (QED) is 0.602. The van der Waals surface area contributed by atoms with E-state index >= 15 is 0 Å². The monoisotopic (exact) mass is 355 g/mol. The van der Waals surface area contributed by atoms with Gasteiger partial charge in [-0.05, 0) is 37.0 Å². The molecule has 1 amide bonds. The highest BCUT2D eigenvalue weighted by Gasteiger charge is 2.16. The summed E-state index contributed by atoms with van der Waals surface area (Å²) in [5.74, 6) is 0.722. The number of hydrogen-bond donors (Lipinski definition) is 0. The normalized spacial score (nSPS) is 11.5. The van der Waals surface area contributed by atoms with Crippen LogP contribution in [0.1, 0.15) is 52.5 Å². The van der Waals surface area contributed by atoms with Gasteiger partial charge in [0.2, 0.25) is 5.91 Å². The number of unbranched alkanes of at least 4 members (excludes halogenated alkanes) is 1. The highest BCUT2D eigenvalue weighted by molar-refractivity contribution is 7.87.